The lowest BCUT2D eigenvalue weighted by Gasteiger charge is -2.27. The third-order valence-corrected chi connectivity index (χ3v) is 4.83. The third-order valence-electron chi connectivity index (χ3n) is 4.83. The Morgan fingerprint density at radius 1 is 1.03 bits per heavy atom. The van der Waals surface area contributed by atoms with Crippen LogP contribution in [-0.4, -0.2) is 58.7 Å². The summed E-state index contributed by atoms with van der Waals surface area (Å²) in [6.45, 7) is 3.11. The maximum atomic E-state index is 13.1. The van der Waals surface area contributed by atoms with Crippen LogP contribution in [0.4, 0.5) is 10.2 Å². The number of hydrogen-bond acceptors (Lipinski definition) is 7. The highest BCUT2D eigenvalue weighted by molar-refractivity contribution is 5.92. The number of amides is 1. The standard InChI is InChI=1S/C21H21FN6O3/c22-16-3-1-15(2-4-16)17-6-8-20(29)28(26-17)10-9-23-21(30)18-5-7-19(25-24-18)27-11-13-31-14-12-27/h1-8H,9-14H2,(H,23,30). The van der Waals surface area contributed by atoms with Crippen LogP contribution < -0.4 is 15.8 Å². The minimum Gasteiger partial charge on any atom is -0.378 e. The molecule has 160 valence electrons. The Balaban J connectivity index is 1.35. The number of hydrogen-bond donors (Lipinski definition) is 1. The van der Waals surface area contributed by atoms with Crippen LogP contribution in [0.3, 0.4) is 0 Å². The number of rotatable bonds is 6. The van der Waals surface area contributed by atoms with Crippen molar-refractivity contribution in [2.24, 2.45) is 0 Å². The van der Waals surface area contributed by atoms with E-state index in [1.807, 2.05) is 4.90 Å². The van der Waals surface area contributed by atoms with Crippen LogP contribution in [0.25, 0.3) is 11.3 Å². The maximum absolute atomic E-state index is 13.1. The number of halogens is 1. The molecule has 3 heterocycles. The zero-order valence-electron chi connectivity index (χ0n) is 16.7. The van der Waals surface area contributed by atoms with Crippen molar-refractivity contribution < 1.29 is 13.9 Å². The second-order valence-corrected chi connectivity index (χ2v) is 6.92. The number of morpholine rings is 1. The van der Waals surface area contributed by atoms with E-state index in [9.17, 15) is 14.0 Å². The zero-order chi connectivity index (χ0) is 21.6. The smallest absolute Gasteiger partial charge is 0.271 e. The summed E-state index contributed by atoms with van der Waals surface area (Å²) < 4.78 is 19.7. The van der Waals surface area contributed by atoms with E-state index in [-0.39, 0.29) is 36.1 Å². The second kappa shape index (κ2) is 9.43. The molecule has 31 heavy (non-hydrogen) atoms. The minimum absolute atomic E-state index is 0.179. The number of anilines is 1. The quantitative estimate of drug-likeness (QED) is 0.632. The summed E-state index contributed by atoms with van der Waals surface area (Å²) in [5, 5.41) is 15.1. The average Bonchev–Trinajstić information content (AvgIpc) is 2.81. The highest BCUT2D eigenvalue weighted by Gasteiger charge is 2.14. The molecule has 0 atom stereocenters. The molecule has 0 aliphatic carbocycles. The molecule has 10 heteroatoms. The van der Waals surface area contributed by atoms with E-state index in [0.29, 0.717) is 30.3 Å². The first kappa shape index (κ1) is 20.6. The number of aromatic nitrogens is 4. The van der Waals surface area contributed by atoms with Crippen LogP contribution in [0.5, 0.6) is 0 Å². The molecule has 1 fully saturated rings. The fraction of sp³-hybridized carbons (Fsp3) is 0.286. The maximum Gasteiger partial charge on any atom is 0.271 e. The summed E-state index contributed by atoms with van der Waals surface area (Å²) in [5.74, 6) is -0.0298. The molecule has 0 unspecified atom stereocenters. The lowest BCUT2D eigenvalue weighted by atomic mass is 10.1. The van der Waals surface area contributed by atoms with E-state index in [4.69, 9.17) is 4.74 Å². The SMILES string of the molecule is O=C(NCCn1nc(-c2ccc(F)cc2)ccc1=O)c1ccc(N2CCOCC2)nn1. The summed E-state index contributed by atoms with van der Waals surface area (Å²) >= 11 is 0. The molecule has 1 aliphatic rings. The van der Waals surface area contributed by atoms with Gasteiger partial charge in [0.15, 0.2) is 11.5 Å². The van der Waals surface area contributed by atoms with Crippen molar-refractivity contribution >= 4 is 11.7 Å². The van der Waals surface area contributed by atoms with Gasteiger partial charge in [0.25, 0.3) is 11.5 Å². The van der Waals surface area contributed by atoms with Gasteiger partial charge in [-0.25, -0.2) is 9.07 Å². The molecule has 0 radical (unpaired) electrons. The van der Waals surface area contributed by atoms with Gasteiger partial charge >= 0.3 is 0 Å². The predicted molar refractivity (Wildman–Crippen MR) is 111 cm³/mol. The second-order valence-electron chi connectivity index (χ2n) is 6.92. The van der Waals surface area contributed by atoms with E-state index >= 15 is 0 Å². The normalized spacial score (nSPS) is 13.8. The monoisotopic (exact) mass is 424 g/mol. The van der Waals surface area contributed by atoms with Gasteiger partial charge in [-0.1, -0.05) is 0 Å². The molecule has 1 aromatic carbocycles. The fourth-order valence-electron chi connectivity index (χ4n) is 3.16. The number of nitrogens with zero attached hydrogens (tertiary/aromatic N) is 5. The number of carbonyl (C=O) groups is 1. The first-order chi connectivity index (χ1) is 15.1. The Labute approximate surface area is 177 Å². The molecule has 2 aromatic heterocycles. The van der Waals surface area contributed by atoms with Crippen molar-refractivity contribution in [1.82, 2.24) is 25.3 Å². The van der Waals surface area contributed by atoms with Crippen LogP contribution in [0.15, 0.2) is 53.3 Å². The largest absolute Gasteiger partial charge is 0.378 e. The molecule has 1 saturated heterocycles. The molecule has 9 nitrogen and oxygen atoms in total. The number of benzene rings is 1. The van der Waals surface area contributed by atoms with Gasteiger partial charge in [-0.3, -0.25) is 9.59 Å². The molecule has 1 amide bonds. The predicted octanol–water partition coefficient (Wildman–Crippen LogP) is 1.11. The molecule has 0 bridgehead atoms. The lowest BCUT2D eigenvalue weighted by Crippen LogP contribution is -2.37. The van der Waals surface area contributed by atoms with Crippen molar-refractivity contribution in [2.45, 2.75) is 6.54 Å². The average molecular weight is 424 g/mol. The summed E-state index contributed by atoms with van der Waals surface area (Å²) in [6, 6.07) is 12.2. The molecular formula is C21H21FN6O3. The zero-order valence-corrected chi connectivity index (χ0v) is 16.7. The van der Waals surface area contributed by atoms with Crippen LogP contribution in [0.2, 0.25) is 0 Å². The van der Waals surface area contributed by atoms with E-state index in [1.165, 1.54) is 22.9 Å². The Kier molecular flexibility index (Phi) is 6.27. The van der Waals surface area contributed by atoms with Crippen molar-refractivity contribution in [3.05, 3.63) is 70.4 Å². The van der Waals surface area contributed by atoms with Crippen LogP contribution in [-0.2, 0) is 11.3 Å². The summed E-state index contributed by atoms with van der Waals surface area (Å²) in [7, 11) is 0. The topological polar surface area (TPSA) is 102 Å². The van der Waals surface area contributed by atoms with Gasteiger partial charge in [0.2, 0.25) is 0 Å². The van der Waals surface area contributed by atoms with Gasteiger partial charge in [-0.15, -0.1) is 10.2 Å². The van der Waals surface area contributed by atoms with Crippen LogP contribution >= 0.6 is 0 Å². The van der Waals surface area contributed by atoms with Gasteiger partial charge in [-0.05, 0) is 42.5 Å². The first-order valence-electron chi connectivity index (χ1n) is 9.89. The Bertz CT molecular complexity index is 1100. The first-order valence-corrected chi connectivity index (χ1v) is 9.89. The van der Waals surface area contributed by atoms with Gasteiger partial charge in [-0.2, -0.15) is 5.10 Å². The van der Waals surface area contributed by atoms with E-state index in [0.717, 1.165) is 13.1 Å². The van der Waals surface area contributed by atoms with Crippen molar-refractivity contribution in [1.29, 1.82) is 0 Å². The van der Waals surface area contributed by atoms with Crippen molar-refractivity contribution in [3.63, 3.8) is 0 Å². The number of nitrogens with one attached hydrogen (secondary N) is 1. The van der Waals surface area contributed by atoms with Gasteiger partial charge in [0.1, 0.15) is 5.82 Å². The van der Waals surface area contributed by atoms with E-state index in [1.54, 1.807) is 30.3 Å². The van der Waals surface area contributed by atoms with E-state index in [2.05, 4.69) is 20.6 Å². The molecule has 1 N–H and O–H groups in total. The molecular weight excluding hydrogens is 403 g/mol. The molecule has 4 rings (SSSR count). The van der Waals surface area contributed by atoms with Crippen molar-refractivity contribution in [3.8, 4) is 11.3 Å². The Morgan fingerprint density at radius 3 is 2.52 bits per heavy atom. The van der Waals surface area contributed by atoms with Gasteiger partial charge in [0, 0.05) is 31.3 Å². The summed E-state index contributed by atoms with van der Waals surface area (Å²) in [4.78, 5) is 26.5. The van der Waals surface area contributed by atoms with Crippen molar-refractivity contribution in [2.75, 3.05) is 37.7 Å². The fourth-order valence-corrected chi connectivity index (χ4v) is 3.16. The number of carbonyl (C=O) groups excluding carboxylic acids is 1. The molecule has 0 saturated carbocycles. The highest BCUT2D eigenvalue weighted by Crippen LogP contribution is 2.15. The van der Waals surface area contributed by atoms with Gasteiger partial charge < -0.3 is 15.0 Å². The third kappa shape index (κ3) is 5.10. The molecule has 0 spiro atoms. The highest BCUT2D eigenvalue weighted by atomic mass is 19.1. The minimum atomic E-state index is -0.385. The van der Waals surface area contributed by atoms with Crippen LogP contribution in [0, 0.1) is 5.82 Å². The molecule has 3 aromatic rings. The Hall–Kier alpha value is -3.66. The van der Waals surface area contributed by atoms with Gasteiger partial charge in [0.05, 0.1) is 25.5 Å². The summed E-state index contributed by atoms with van der Waals surface area (Å²) in [6.07, 6.45) is 0. The number of ether oxygens (including phenoxy) is 1. The molecule has 1 aliphatic heterocycles. The summed E-state index contributed by atoms with van der Waals surface area (Å²) in [5.41, 5.74) is 1.12. The van der Waals surface area contributed by atoms with Crippen LogP contribution in [0.1, 0.15) is 10.5 Å². The lowest BCUT2D eigenvalue weighted by molar-refractivity contribution is 0.0945. The Morgan fingerprint density at radius 2 is 1.81 bits per heavy atom. The van der Waals surface area contributed by atoms with E-state index < -0.39 is 0 Å².